The number of aromatic nitrogens is 1. The van der Waals surface area contributed by atoms with Crippen LogP contribution in [0.5, 0.6) is 5.75 Å². The van der Waals surface area contributed by atoms with Gasteiger partial charge in [-0.3, -0.25) is 4.79 Å². The van der Waals surface area contributed by atoms with Crippen LogP contribution in [-0.4, -0.2) is 46.4 Å². The molecular formula is C17H19FN2O4. The van der Waals surface area contributed by atoms with Crippen LogP contribution >= 0.6 is 0 Å². The Labute approximate surface area is 138 Å². The predicted molar refractivity (Wildman–Crippen MR) is 82.9 cm³/mol. The van der Waals surface area contributed by atoms with E-state index >= 15 is 0 Å². The molecule has 1 fully saturated rings. The lowest BCUT2D eigenvalue weighted by Crippen LogP contribution is -2.40. The van der Waals surface area contributed by atoms with E-state index in [2.05, 4.69) is 5.16 Å². The summed E-state index contributed by atoms with van der Waals surface area (Å²) in [6, 6.07) is 7.34. The zero-order chi connectivity index (χ0) is 17.0. The minimum atomic E-state index is -1.09. The molecular weight excluding hydrogens is 315 g/mol. The van der Waals surface area contributed by atoms with E-state index in [1.54, 1.807) is 17.2 Å². The average molecular weight is 334 g/mol. The highest BCUT2D eigenvalue weighted by Crippen LogP contribution is 2.24. The Balaban J connectivity index is 1.47. The second-order valence-electron chi connectivity index (χ2n) is 6.01. The number of nitrogens with zero attached hydrogens (tertiary/aromatic N) is 2. The Bertz CT molecular complexity index is 674. The fraction of sp³-hybridized carbons (Fsp3) is 0.412. The van der Waals surface area contributed by atoms with Gasteiger partial charge in [-0.25, -0.2) is 4.39 Å². The van der Waals surface area contributed by atoms with Crippen LogP contribution in [0.1, 0.15) is 18.6 Å². The van der Waals surface area contributed by atoms with Gasteiger partial charge in [-0.15, -0.1) is 0 Å². The molecule has 24 heavy (non-hydrogen) atoms. The van der Waals surface area contributed by atoms with E-state index in [9.17, 15) is 14.3 Å². The van der Waals surface area contributed by atoms with Crippen LogP contribution in [0.3, 0.4) is 0 Å². The summed E-state index contributed by atoms with van der Waals surface area (Å²) in [5.41, 5.74) is -1.09. The zero-order valence-corrected chi connectivity index (χ0v) is 13.2. The first-order valence-corrected chi connectivity index (χ1v) is 7.82. The molecule has 2 aromatic rings. The topological polar surface area (TPSA) is 75.8 Å². The van der Waals surface area contributed by atoms with Crippen LogP contribution < -0.4 is 4.74 Å². The smallest absolute Gasteiger partial charge is 0.223 e. The predicted octanol–water partition coefficient (Wildman–Crippen LogP) is 1.79. The summed E-state index contributed by atoms with van der Waals surface area (Å²) in [7, 11) is 0. The Morgan fingerprint density at radius 2 is 2.17 bits per heavy atom. The van der Waals surface area contributed by atoms with E-state index in [0.29, 0.717) is 37.3 Å². The van der Waals surface area contributed by atoms with E-state index in [-0.39, 0.29) is 24.9 Å². The normalized spacial score (nSPS) is 20.3. The summed E-state index contributed by atoms with van der Waals surface area (Å²) in [5.74, 6) is 0.770. The van der Waals surface area contributed by atoms with Crippen molar-refractivity contribution in [3.63, 3.8) is 0 Å². The van der Waals surface area contributed by atoms with Gasteiger partial charge in [0.15, 0.2) is 0 Å². The quantitative estimate of drug-likeness (QED) is 0.872. The standard InChI is InChI=1S/C17H19FN2O4/c18-13-1-3-14(4-2-13)23-12-17(22)8-10-20(11-17)16(21)6-5-15-7-9-19-24-15/h1-4,7,9,22H,5-6,8,10-12H2/t17-/m1/s1. The molecule has 1 amide bonds. The van der Waals surface area contributed by atoms with Gasteiger partial charge in [-0.05, 0) is 30.7 Å². The number of hydrogen-bond acceptors (Lipinski definition) is 5. The molecule has 0 aliphatic carbocycles. The Morgan fingerprint density at radius 1 is 1.38 bits per heavy atom. The Kier molecular flexibility index (Phi) is 4.80. The molecule has 1 N–H and O–H groups in total. The monoisotopic (exact) mass is 334 g/mol. The van der Waals surface area contributed by atoms with E-state index < -0.39 is 5.60 Å². The molecule has 1 aliphatic heterocycles. The van der Waals surface area contributed by atoms with Crippen molar-refractivity contribution >= 4 is 5.91 Å². The number of hydrogen-bond donors (Lipinski definition) is 1. The van der Waals surface area contributed by atoms with Crippen molar-refractivity contribution in [2.24, 2.45) is 0 Å². The summed E-state index contributed by atoms with van der Waals surface area (Å²) in [5, 5.41) is 14.2. The van der Waals surface area contributed by atoms with Crippen molar-refractivity contribution in [3.8, 4) is 5.75 Å². The van der Waals surface area contributed by atoms with Crippen LogP contribution in [-0.2, 0) is 11.2 Å². The molecule has 1 atom stereocenters. The Morgan fingerprint density at radius 3 is 2.88 bits per heavy atom. The number of halogens is 1. The van der Waals surface area contributed by atoms with E-state index in [1.807, 2.05) is 0 Å². The number of carbonyl (C=O) groups is 1. The number of benzene rings is 1. The molecule has 1 aliphatic rings. The Hall–Kier alpha value is -2.41. The van der Waals surface area contributed by atoms with Crippen molar-refractivity contribution in [2.75, 3.05) is 19.7 Å². The minimum Gasteiger partial charge on any atom is -0.491 e. The number of β-amino-alcohol motifs (C(OH)–C–C–N with tert-alkyl or cyclic N) is 1. The van der Waals surface area contributed by atoms with E-state index in [4.69, 9.17) is 9.26 Å². The van der Waals surface area contributed by atoms with Gasteiger partial charge in [0.2, 0.25) is 5.91 Å². The molecule has 1 aromatic heterocycles. The molecule has 1 saturated heterocycles. The maximum absolute atomic E-state index is 12.9. The molecule has 2 heterocycles. The van der Waals surface area contributed by atoms with Gasteiger partial charge in [0, 0.05) is 25.5 Å². The summed E-state index contributed by atoms with van der Waals surface area (Å²) in [6.07, 6.45) is 2.79. The van der Waals surface area contributed by atoms with Gasteiger partial charge >= 0.3 is 0 Å². The van der Waals surface area contributed by atoms with Gasteiger partial charge in [0.1, 0.15) is 29.5 Å². The number of aryl methyl sites for hydroxylation is 1. The molecule has 0 saturated carbocycles. The molecule has 128 valence electrons. The second kappa shape index (κ2) is 7.00. The minimum absolute atomic E-state index is 0.0379. The first kappa shape index (κ1) is 16.4. The van der Waals surface area contributed by atoms with Crippen molar-refractivity contribution in [3.05, 3.63) is 48.1 Å². The summed E-state index contributed by atoms with van der Waals surface area (Å²) >= 11 is 0. The summed E-state index contributed by atoms with van der Waals surface area (Å²) in [6.45, 7) is 0.770. The molecule has 6 nitrogen and oxygen atoms in total. The number of likely N-dealkylation sites (tertiary alicyclic amines) is 1. The highest BCUT2D eigenvalue weighted by molar-refractivity contribution is 5.76. The van der Waals surface area contributed by atoms with Crippen LogP contribution in [0, 0.1) is 5.82 Å². The molecule has 0 unspecified atom stereocenters. The fourth-order valence-corrected chi connectivity index (χ4v) is 2.69. The second-order valence-corrected chi connectivity index (χ2v) is 6.01. The van der Waals surface area contributed by atoms with Crippen molar-refractivity contribution in [1.29, 1.82) is 0 Å². The number of rotatable bonds is 6. The molecule has 7 heteroatoms. The lowest BCUT2D eigenvalue weighted by molar-refractivity contribution is -0.131. The van der Waals surface area contributed by atoms with Gasteiger partial charge in [0.05, 0.1) is 12.7 Å². The van der Waals surface area contributed by atoms with E-state index in [0.717, 1.165) is 0 Å². The number of ether oxygens (including phenoxy) is 1. The van der Waals surface area contributed by atoms with Gasteiger partial charge < -0.3 is 19.3 Å². The van der Waals surface area contributed by atoms with Crippen LogP contribution in [0.15, 0.2) is 41.1 Å². The molecule has 0 bridgehead atoms. The lowest BCUT2D eigenvalue weighted by Gasteiger charge is -2.23. The first-order chi connectivity index (χ1) is 11.5. The molecule has 3 rings (SSSR count). The van der Waals surface area contributed by atoms with Crippen molar-refractivity contribution in [1.82, 2.24) is 10.1 Å². The third kappa shape index (κ3) is 4.11. The molecule has 0 spiro atoms. The first-order valence-electron chi connectivity index (χ1n) is 7.82. The maximum atomic E-state index is 12.9. The van der Waals surface area contributed by atoms with Crippen molar-refractivity contribution < 1.29 is 23.6 Å². The number of aliphatic hydroxyl groups is 1. The third-order valence-electron chi connectivity index (χ3n) is 4.08. The van der Waals surface area contributed by atoms with Gasteiger partial charge in [0.25, 0.3) is 0 Å². The lowest BCUT2D eigenvalue weighted by atomic mass is 10.1. The molecule has 0 radical (unpaired) electrons. The van der Waals surface area contributed by atoms with E-state index in [1.165, 1.54) is 24.3 Å². The van der Waals surface area contributed by atoms with Crippen LogP contribution in [0.2, 0.25) is 0 Å². The van der Waals surface area contributed by atoms with Crippen molar-refractivity contribution in [2.45, 2.75) is 24.9 Å². The maximum Gasteiger partial charge on any atom is 0.223 e. The zero-order valence-electron chi connectivity index (χ0n) is 13.2. The third-order valence-corrected chi connectivity index (χ3v) is 4.08. The van der Waals surface area contributed by atoms with Gasteiger partial charge in [-0.1, -0.05) is 5.16 Å². The average Bonchev–Trinajstić information content (AvgIpc) is 3.22. The fourth-order valence-electron chi connectivity index (χ4n) is 2.69. The summed E-state index contributed by atoms with van der Waals surface area (Å²) in [4.78, 5) is 13.8. The summed E-state index contributed by atoms with van der Waals surface area (Å²) < 4.78 is 23.3. The number of amides is 1. The van der Waals surface area contributed by atoms with Gasteiger partial charge in [-0.2, -0.15) is 0 Å². The van der Waals surface area contributed by atoms with Crippen LogP contribution in [0.25, 0.3) is 0 Å². The number of carbonyl (C=O) groups excluding carboxylic acids is 1. The SMILES string of the molecule is O=C(CCc1ccno1)N1CC[C@](O)(COc2ccc(F)cc2)C1. The molecule has 1 aromatic carbocycles. The highest BCUT2D eigenvalue weighted by atomic mass is 19.1. The highest BCUT2D eigenvalue weighted by Gasteiger charge is 2.38. The largest absolute Gasteiger partial charge is 0.491 e. The van der Waals surface area contributed by atoms with Crippen LogP contribution in [0.4, 0.5) is 4.39 Å².